The summed E-state index contributed by atoms with van der Waals surface area (Å²) in [6, 6.07) is 3.31. The minimum Gasteiger partial charge on any atom is -0.474 e. The van der Waals surface area contributed by atoms with Crippen LogP contribution < -0.4 is 15.8 Å². The van der Waals surface area contributed by atoms with Gasteiger partial charge in [-0.25, -0.2) is 4.98 Å². The first-order valence-corrected chi connectivity index (χ1v) is 5.39. The molecule has 0 radical (unpaired) electrons. The number of amides is 1. The molecule has 3 N–H and O–H groups in total. The van der Waals surface area contributed by atoms with Gasteiger partial charge in [0.15, 0.2) is 0 Å². The van der Waals surface area contributed by atoms with E-state index < -0.39 is 5.91 Å². The molecule has 1 fully saturated rings. The van der Waals surface area contributed by atoms with Gasteiger partial charge in [-0.2, -0.15) is 0 Å². The zero-order valence-electron chi connectivity index (χ0n) is 8.98. The molecule has 2 rings (SSSR count). The second-order valence-electron chi connectivity index (χ2n) is 3.79. The molecule has 0 atom stereocenters. The highest BCUT2D eigenvalue weighted by Crippen LogP contribution is 2.18. The average Bonchev–Trinajstić information content (AvgIpc) is 2.31. The predicted octanol–water partition coefficient (Wildman–Crippen LogP) is 0.311. The zero-order valence-corrected chi connectivity index (χ0v) is 8.98. The summed E-state index contributed by atoms with van der Waals surface area (Å²) in [5.74, 6) is -0.154. The molecule has 1 amide bonds. The number of hydrogen-bond acceptors (Lipinski definition) is 4. The van der Waals surface area contributed by atoms with Crippen LogP contribution in [0.3, 0.4) is 0 Å². The fourth-order valence-electron chi connectivity index (χ4n) is 1.74. The molecule has 5 heteroatoms. The van der Waals surface area contributed by atoms with Crippen molar-refractivity contribution in [2.45, 2.75) is 18.9 Å². The first-order valence-electron chi connectivity index (χ1n) is 5.39. The van der Waals surface area contributed by atoms with Gasteiger partial charge in [0.1, 0.15) is 11.7 Å². The van der Waals surface area contributed by atoms with Crippen LogP contribution in [0.15, 0.2) is 18.3 Å². The van der Waals surface area contributed by atoms with Crippen LogP contribution in [0.5, 0.6) is 5.88 Å². The Morgan fingerprint density at radius 3 is 2.94 bits per heavy atom. The van der Waals surface area contributed by atoms with Crippen molar-refractivity contribution in [2.75, 3.05) is 13.1 Å². The molecule has 1 aromatic heterocycles. The summed E-state index contributed by atoms with van der Waals surface area (Å²) >= 11 is 0. The summed E-state index contributed by atoms with van der Waals surface area (Å²) in [4.78, 5) is 15.2. The van der Waals surface area contributed by atoms with Crippen molar-refractivity contribution in [1.29, 1.82) is 0 Å². The molecule has 0 aliphatic carbocycles. The maximum atomic E-state index is 11.2. The smallest absolute Gasteiger partial charge is 0.254 e. The number of nitrogens with one attached hydrogen (secondary N) is 1. The number of nitrogens with zero attached hydrogens (tertiary/aromatic N) is 1. The molecular weight excluding hydrogens is 206 g/mol. The second-order valence-corrected chi connectivity index (χ2v) is 3.79. The highest BCUT2D eigenvalue weighted by atomic mass is 16.5. The van der Waals surface area contributed by atoms with Crippen LogP contribution in [-0.2, 0) is 0 Å². The molecule has 2 heterocycles. The first kappa shape index (κ1) is 10.9. The summed E-state index contributed by atoms with van der Waals surface area (Å²) < 4.78 is 5.70. The van der Waals surface area contributed by atoms with Crippen molar-refractivity contribution >= 4 is 5.91 Å². The van der Waals surface area contributed by atoms with Crippen molar-refractivity contribution < 1.29 is 9.53 Å². The molecule has 0 unspecified atom stereocenters. The fraction of sp³-hybridized carbons (Fsp3) is 0.455. The Balaban J connectivity index is 2.10. The third kappa shape index (κ3) is 2.49. The normalized spacial score (nSPS) is 17.0. The number of ether oxygens (including phenoxy) is 1. The van der Waals surface area contributed by atoms with Gasteiger partial charge in [0.05, 0.1) is 0 Å². The third-order valence-electron chi connectivity index (χ3n) is 2.60. The van der Waals surface area contributed by atoms with Crippen molar-refractivity contribution in [3.05, 3.63) is 23.9 Å². The maximum absolute atomic E-state index is 11.2. The summed E-state index contributed by atoms with van der Waals surface area (Å²) in [5.41, 5.74) is 5.60. The van der Waals surface area contributed by atoms with Gasteiger partial charge in [-0.05, 0) is 38.1 Å². The van der Waals surface area contributed by atoms with E-state index in [0.29, 0.717) is 11.4 Å². The Kier molecular flexibility index (Phi) is 3.36. The van der Waals surface area contributed by atoms with E-state index in [0.717, 1.165) is 25.9 Å². The van der Waals surface area contributed by atoms with E-state index in [1.807, 2.05) is 0 Å². The molecule has 86 valence electrons. The summed E-state index contributed by atoms with van der Waals surface area (Å²) in [6.07, 6.45) is 3.57. The first-order chi connectivity index (χ1) is 7.77. The molecule has 5 nitrogen and oxygen atoms in total. The molecule has 1 aromatic rings. The molecule has 1 aliphatic heterocycles. The van der Waals surface area contributed by atoms with E-state index in [-0.39, 0.29) is 6.10 Å². The van der Waals surface area contributed by atoms with Crippen LogP contribution in [0.25, 0.3) is 0 Å². The molecule has 0 bridgehead atoms. The topological polar surface area (TPSA) is 77.2 Å². The van der Waals surface area contributed by atoms with Crippen molar-refractivity contribution in [2.24, 2.45) is 5.73 Å². The predicted molar refractivity (Wildman–Crippen MR) is 59.3 cm³/mol. The zero-order chi connectivity index (χ0) is 11.4. The number of rotatable bonds is 3. The molecule has 0 spiro atoms. The number of hydrogen-bond donors (Lipinski definition) is 2. The van der Waals surface area contributed by atoms with E-state index >= 15 is 0 Å². The summed E-state index contributed by atoms with van der Waals surface area (Å²) in [5, 5.41) is 3.25. The number of primary amides is 1. The highest BCUT2D eigenvalue weighted by molar-refractivity contribution is 5.94. The van der Waals surface area contributed by atoms with Crippen LogP contribution in [0, 0.1) is 0 Å². The fourth-order valence-corrected chi connectivity index (χ4v) is 1.74. The number of piperidine rings is 1. The Morgan fingerprint density at radius 2 is 2.25 bits per heavy atom. The Labute approximate surface area is 94.0 Å². The van der Waals surface area contributed by atoms with Crippen LogP contribution in [-0.4, -0.2) is 30.1 Å². The Bertz CT molecular complexity index is 375. The lowest BCUT2D eigenvalue weighted by atomic mass is 10.1. The van der Waals surface area contributed by atoms with Crippen LogP contribution in [0.2, 0.25) is 0 Å². The number of aromatic nitrogens is 1. The van der Waals surface area contributed by atoms with Crippen molar-refractivity contribution in [3.8, 4) is 5.88 Å². The minimum absolute atomic E-state index is 0.120. The molecule has 1 saturated heterocycles. The molecule has 0 aromatic carbocycles. The quantitative estimate of drug-likeness (QED) is 0.770. The van der Waals surface area contributed by atoms with Gasteiger partial charge in [0.2, 0.25) is 5.88 Å². The summed E-state index contributed by atoms with van der Waals surface area (Å²) in [7, 11) is 0. The van der Waals surface area contributed by atoms with E-state index in [9.17, 15) is 4.79 Å². The number of pyridine rings is 1. The molecule has 0 saturated carbocycles. The average molecular weight is 221 g/mol. The second kappa shape index (κ2) is 4.94. The Morgan fingerprint density at radius 1 is 1.50 bits per heavy atom. The van der Waals surface area contributed by atoms with Crippen molar-refractivity contribution in [3.63, 3.8) is 0 Å². The van der Waals surface area contributed by atoms with Gasteiger partial charge in [0.25, 0.3) is 5.91 Å². The van der Waals surface area contributed by atoms with Gasteiger partial charge >= 0.3 is 0 Å². The standard InChI is InChI=1S/C11H15N3O2/c12-10(15)9-2-1-5-14-11(9)16-8-3-6-13-7-4-8/h1-2,5,8,13H,3-4,6-7H2,(H2,12,15). The van der Waals surface area contributed by atoms with Gasteiger partial charge in [-0.3, -0.25) is 4.79 Å². The van der Waals surface area contributed by atoms with Gasteiger partial charge in [-0.1, -0.05) is 0 Å². The summed E-state index contributed by atoms with van der Waals surface area (Å²) in [6.45, 7) is 1.87. The van der Waals surface area contributed by atoms with Crippen molar-refractivity contribution in [1.82, 2.24) is 10.3 Å². The maximum Gasteiger partial charge on any atom is 0.254 e. The highest BCUT2D eigenvalue weighted by Gasteiger charge is 2.18. The van der Waals surface area contributed by atoms with E-state index in [1.165, 1.54) is 0 Å². The molecular formula is C11H15N3O2. The third-order valence-corrected chi connectivity index (χ3v) is 2.60. The van der Waals surface area contributed by atoms with Gasteiger partial charge < -0.3 is 15.8 Å². The van der Waals surface area contributed by atoms with Gasteiger partial charge in [-0.15, -0.1) is 0 Å². The Hall–Kier alpha value is -1.62. The van der Waals surface area contributed by atoms with E-state index in [4.69, 9.17) is 10.5 Å². The molecule has 1 aliphatic rings. The van der Waals surface area contributed by atoms with E-state index in [1.54, 1.807) is 18.3 Å². The largest absolute Gasteiger partial charge is 0.474 e. The number of nitrogens with two attached hydrogens (primary N) is 1. The monoisotopic (exact) mass is 221 g/mol. The number of carbonyl (C=O) groups is 1. The lowest BCUT2D eigenvalue weighted by molar-refractivity contribution is 0.0986. The minimum atomic E-state index is -0.503. The van der Waals surface area contributed by atoms with Gasteiger partial charge in [0, 0.05) is 6.20 Å². The lowest BCUT2D eigenvalue weighted by Gasteiger charge is -2.23. The van der Waals surface area contributed by atoms with Crippen LogP contribution in [0.1, 0.15) is 23.2 Å². The lowest BCUT2D eigenvalue weighted by Crippen LogP contribution is -2.34. The van der Waals surface area contributed by atoms with Crippen LogP contribution >= 0.6 is 0 Å². The van der Waals surface area contributed by atoms with Crippen LogP contribution in [0.4, 0.5) is 0 Å². The SMILES string of the molecule is NC(=O)c1cccnc1OC1CCNCC1. The number of carbonyl (C=O) groups excluding carboxylic acids is 1. The molecule has 16 heavy (non-hydrogen) atoms. The van der Waals surface area contributed by atoms with E-state index in [2.05, 4.69) is 10.3 Å².